The molecule has 0 saturated carbocycles. The van der Waals surface area contributed by atoms with E-state index in [2.05, 4.69) is 15.3 Å². The first-order valence-corrected chi connectivity index (χ1v) is 12.0. The third-order valence-corrected chi connectivity index (χ3v) is 5.73. The molecule has 0 saturated heterocycles. The van der Waals surface area contributed by atoms with Crippen LogP contribution < -0.4 is 15.0 Å². The maximum atomic E-state index is 13.9. The van der Waals surface area contributed by atoms with Crippen LogP contribution in [-0.4, -0.2) is 28.4 Å². The van der Waals surface area contributed by atoms with E-state index in [-0.39, 0.29) is 5.69 Å². The van der Waals surface area contributed by atoms with Gasteiger partial charge in [0.15, 0.2) is 0 Å². The summed E-state index contributed by atoms with van der Waals surface area (Å²) in [4.78, 5) is 37.4. The molecule has 0 unspecified atom stereocenters. The van der Waals surface area contributed by atoms with Gasteiger partial charge >= 0.3 is 0 Å². The molecule has 1 aromatic heterocycles. The van der Waals surface area contributed by atoms with Gasteiger partial charge in [-0.3, -0.25) is 19.5 Å². The lowest BCUT2D eigenvalue weighted by atomic mass is 10.00. The topological polar surface area (TPSA) is 84.4 Å². The van der Waals surface area contributed by atoms with E-state index in [9.17, 15) is 14.0 Å². The largest absolute Gasteiger partial charge is 0.494 e. The lowest BCUT2D eigenvalue weighted by Gasteiger charge is -2.31. The second kappa shape index (κ2) is 11.9. The number of nitrogens with one attached hydrogen (secondary N) is 1. The second-order valence-electron chi connectivity index (χ2n) is 8.19. The number of amides is 2. The van der Waals surface area contributed by atoms with Gasteiger partial charge in [0.05, 0.1) is 12.8 Å². The number of benzene rings is 3. The molecule has 188 valence electrons. The number of halogens is 1. The van der Waals surface area contributed by atoms with Crippen molar-refractivity contribution in [2.75, 3.05) is 16.8 Å². The Balaban J connectivity index is 1.85. The normalized spacial score (nSPS) is 11.4. The summed E-state index contributed by atoms with van der Waals surface area (Å²) in [6, 6.07) is 18.9. The minimum Gasteiger partial charge on any atom is -0.494 e. The zero-order valence-corrected chi connectivity index (χ0v) is 20.6. The average molecular weight is 499 g/mol. The fraction of sp³-hybridized carbons (Fsp3) is 0.172. The molecule has 4 rings (SSSR count). The molecule has 0 aliphatic carbocycles. The Morgan fingerprint density at radius 1 is 1.00 bits per heavy atom. The molecular formula is C29H27FN4O3. The molecule has 0 aliphatic rings. The van der Waals surface area contributed by atoms with Gasteiger partial charge in [0.25, 0.3) is 11.8 Å². The van der Waals surface area contributed by atoms with Gasteiger partial charge in [-0.15, -0.1) is 0 Å². The Morgan fingerprint density at radius 3 is 2.41 bits per heavy atom. The summed E-state index contributed by atoms with van der Waals surface area (Å²) in [5.74, 6) is -0.858. The Morgan fingerprint density at radius 2 is 1.76 bits per heavy atom. The third kappa shape index (κ3) is 6.16. The number of hydrogen-bond donors (Lipinski definition) is 1. The SMILES string of the molecule is CCOc1cccc(N(C(=O)c2cnccn2)[C@H](C(=O)Nc2ccc(F)cc2)c2ccc(CC)cc2)c1. The number of carbonyl (C=O) groups excluding carboxylic acids is 2. The van der Waals surface area contributed by atoms with Gasteiger partial charge in [0, 0.05) is 29.8 Å². The molecule has 0 fully saturated rings. The monoisotopic (exact) mass is 498 g/mol. The van der Waals surface area contributed by atoms with Crippen LogP contribution in [0.25, 0.3) is 0 Å². The maximum Gasteiger partial charge on any atom is 0.279 e. The van der Waals surface area contributed by atoms with Crippen molar-refractivity contribution in [2.24, 2.45) is 0 Å². The quantitative estimate of drug-likeness (QED) is 0.325. The molecule has 8 heteroatoms. The van der Waals surface area contributed by atoms with Crippen LogP contribution in [0, 0.1) is 5.82 Å². The molecule has 1 atom stereocenters. The number of aromatic nitrogens is 2. The lowest BCUT2D eigenvalue weighted by molar-refractivity contribution is -0.117. The zero-order chi connectivity index (χ0) is 26.2. The molecule has 3 aromatic carbocycles. The van der Waals surface area contributed by atoms with Crippen LogP contribution in [0.4, 0.5) is 15.8 Å². The van der Waals surface area contributed by atoms with E-state index in [4.69, 9.17) is 4.74 Å². The number of carbonyl (C=O) groups is 2. The molecular weight excluding hydrogens is 471 g/mol. The summed E-state index contributed by atoms with van der Waals surface area (Å²) in [5, 5.41) is 2.83. The van der Waals surface area contributed by atoms with E-state index in [1.807, 2.05) is 38.1 Å². The van der Waals surface area contributed by atoms with Crippen LogP contribution in [0.2, 0.25) is 0 Å². The molecule has 37 heavy (non-hydrogen) atoms. The Hall–Kier alpha value is -4.59. The first kappa shape index (κ1) is 25.5. The van der Waals surface area contributed by atoms with E-state index in [1.54, 1.807) is 24.3 Å². The predicted molar refractivity (Wildman–Crippen MR) is 140 cm³/mol. The van der Waals surface area contributed by atoms with E-state index in [0.29, 0.717) is 29.3 Å². The Labute approximate surface area is 215 Å². The van der Waals surface area contributed by atoms with Crippen LogP contribution in [-0.2, 0) is 11.2 Å². The molecule has 4 aromatic rings. The average Bonchev–Trinajstić information content (AvgIpc) is 2.93. The van der Waals surface area contributed by atoms with E-state index in [1.165, 1.54) is 47.8 Å². The smallest absolute Gasteiger partial charge is 0.279 e. The highest BCUT2D eigenvalue weighted by Crippen LogP contribution is 2.32. The summed E-state index contributed by atoms with van der Waals surface area (Å²) in [7, 11) is 0. The number of anilines is 2. The van der Waals surface area contributed by atoms with Crippen LogP contribution in [0.15, 0.2) is 91.4 Å². The molecule has 7 nitrogen and oxygen atoms in total. The van der Waals surface area contributed by atoms with Gasteiger partial charge in [-0.2, -0.15) is 0 Å². The van der Waals surface area contributed by atoms with E-state index >= 15 is 0 Å². The van der Waals surface area contributed by atoms with Crippen molar-refractivity contribution in [2.45, 2.75) is 26.3 Å². The van der Waals surface area contributed by atoms with Crippen LogP contribution in [0.3, 0.4) is 0 Å². The molecule has 2 amide bonds. The van der Waals surface area contributed by atoms with Crippen molar-refractivity contribution >= 4 is 23.2 Å². The van der Waals surface area contributed by atoms with Gasteiger partial charge < -0.3 is 10.1 Å². The summed E-state index contributed by atoms with van der Waals surface area (Å²) in [6.07, 6.45) is 5.08. The number of ether oxygens (including phenoxy) is 1. The first-order valence-electron chi connectivity index (χ1n) is 12.0. The highest BCUT2D eigenvalue weighted by Gasteiger charge is 2.34. The van der Waals surface area contributed by atoms with E-state index < -0.39 is 23.7 Å². The Bertz CT molecular complexity index is 1350. The molecule has 1 N–H and O–H groups in total. The molecule has 1 heterocycles. The minimum atomic E-state index is -1.08. The highest BCUT2D eigenvalue weighted by atomic mass is 19.1. The number of aryl methyl sites for hydroxylation is 1. The van der Waals surface area contributed by atoms with Gasteiger partial charge in [-0.1, -0.05) is 37.3 Å². The summed E-state index contributed by atoms with van der Waals surface area (Å²) >= 11 is 0. The van der Waals surface area contributed by atoms with Gasteiger partial charge in [0.1, 0.15) is 23.3 Å². The van der Waals surface area contributed by atoms with Crippen molar-refractivity contribution in [3.63, 3.8) is 0 Å². The van der Waals surface area contributed by atoms with Crippen LogP contribution in [0.5, 0.6) is 5.75 Å². The standard InChI is InChI=1S/C29H27FN4O3/c1-3-20-8-10-21(11-9-20)27(28(35)33-23-14-12-22(30)13-15-23)34(29(36)26-19-31-16-17-32-26)24-6-5-7-25(18-24)37-4-2/h5-19,27H,3-4H2,1-2H3,(H,33,35)/t27-/m0/s1. The molecule has 0 radical (unpaired) electrons. The minimum absolute atomic E-state index is 0.0778. The highest BCUT2D eigenvalue weighted by molar-refractivity contribution is 6.11. The van der Waals surface area contributed by atoms with Crippen molar-refractivity contribution in [1.29, 1.82) is 0 Å². The van der Waals surface area contributed by atoms with Crippen molar-refractivity contribution in [1.82, 2.24) is 9.97 Å². The lowest BCUT2D eigenvalue weighted by Crippen LogP contribution is -2.42. The van der Waals surface area contributed by atoms with Crippen LogP contribution >= 0.6 is 0 Å². The number of nitrogens with zero attached hydrogens (tertiary/aromatic N) is 3. The summed E-state index contributed by atoms with van der Waals surface area (Å²) in [5.41, 5.74) is 2.61. The van der Waals surface area contributed by atoms with Gasteiger partial charge in [0.2, 0.25) is 0 Å². The number of hydrogen-bond acceptors (Lipinski definition) is 5. The molecule has 0 spiro atoms. The van der Waals surface area contributed by atoms with Crippen LogP contribution in [0.1, 0.15) is 41.5 Å². The van der Waals surface area contributed by atoms with E-state index in [0.717, 1.165) is 12.0 Å². The zero-order valence-electron chi connectivity index (χ0n) is 20.6. The second-order valence-corrected chi connectivity index (χ2v) is 8.19. The van der Waals surface area contributed by atoms with Gasteiger partial charge in [-0.25, -0.2) is 9.37 Å². The first-order chi connectivity index (χ1) is 18.0. The Kier molecular flexibility index (Phi) is 8.20. The predicted octanol–water partition coefficient (Wildman–Crippen LogP) is 5.60. The fourth-order valence-electron chi connectivity index (χ4n) is 3.90. The third-order valence-electron chi connectivity index (χ3n) is 5.73. The van der Waals surface area contributed by atoms with Crippen molar-refractivity contribution < 1.29 is 18.7 Å². The van der Waals surface area contributed by atoms with Crippen molar-refractivity contribution in [3.05, 3.63) is 114 Å². The van der Waals surface area contributed by atoms with Crippen molar-refractivity contribution in [3.8, 4) is 5.75 Å². The number of rotatable bonds is 9. The summed E-state index contributed by atoms with van der Waals surface area (Å²) in [6.45, 7) is 4.34. The summed E-state index contributed by atoms with van der Waals surface area (Å²) < 4.78 is 19.1. The maximum absolute atomic E-state index is 13.9. The molecule has 0 bridgehead atoms. The molecule has 0 aliphatic heterocycles. The van der Waals surface area contributed by atoms with Gasteiger partial charge in [-0.05, 0) is 60.9 Å². The fourth-order valence-corrected chi connectivity index (χ4v) is 3.90.